The van der Waals surface area contributed by atoms with Gasteiger partial charge in [-0.1, -0.05) is 0 Å². The molecule has 0 aliphatic rings. The normalized spacial score (nSPS) is 16.6. The summed E-state index contributed by atoms with van der Waals surface area (Å²) in [5, 5.41) is 47.5. The van der Waals surface area contributed by atoms with Crippen molar-refractivity contribution < 1.29 is 34.9 Å². The van der Waals surface area contributed by atoms with E-state index >= 15 is 0 Å². The number of aldehydes is 1. The van der Waals surface area contributed by atoms with Crippen LogP contribution in [0, 0.1) is 10.1 Å². The Morgan fingerprint density at radius 1 is 1.19 bits per heavy atom. The number of non-ortho nitro benzene ring substituents is 1. The summed E-state index contributed by atoms with van der Waals surface area (Å²) in [6, 6.07) is 4.72. The molecule has 1 rings (SSSR count). The highest BCUT2D eigenvalue weighted by Crippen LogP contribution is 2.19. The van der Waals surface area contributed by atoms with Crippen LogP contribution in [-0.2, 0) is 4.79 Å². The number of ether oxygens (including phenoxy) is 1. The number of aliphatic hydroxyl groups is 4. The zero-order valence-corrected chi connectivity index (χ0v) is 10.8. The molecule has 21 heavy (non-hydrogen) atoms. The molecule has 0 aliphatic carbocycles. The Labute approximate surface area is 119 Å². The first kappa shape index (κ1) is 17.0. The molecule has 0 radical (unpaired) electrons. The Kier molecular flexibility index (Phi) is 6.18. The third-order valence-corrected chi connectivity index (χ3v) is 2.72. The molecule has 0 saturated heterocycles. The molecular formula is C12H15NO8. The number of rotatable bonds is 8. The largest absolute Gasteiger partial charge is 0.480 e. The zero-order valence-electron chi connectivity index (χ0n) is 10.8. The number of nitro groups is 1. The van der Waals surface area contributed by atoms with E-state index in [0.29, 0.717) is 0 Å². The SMILES string of the molecule is O=C[C@H](Oc1ccc([N+](=O)[O-])cc1)[C@@H](O)[C@H](O)[C@H](O)CO. The summed E-state index contributed by atoms with van der Waals surface area (Å²) in [7, 11) is 0. The van der Waals surface area contributed by atoms with E-state index < -0.39 is 35.9 Å². The van der Waals surface area contributed by atoms with Crippen LogP contribution in [-0.4, -0.2) is 62.7 Å². The Bertz CT molecular complexity index is 477. The van der Waals surface area contributed by atoms with Crippen molar-refractivity contribution in [1.29, 1.82) is 0 Å². The third-order valence-electron chi connectivity index (χ3n) is 2.72. The first-order chi connectivity index (χ1) is 9.90. The van der Waals surface area contributed by atoms with Gasteiger partial charge in [0.2, 0.25) is 0 Å². The van der Waals surface area contributed by atoms with Crippen LogP contribution in [0.4, 0.5) is 5.69 Å². The molecule has 4 atom stereocenters. The molecule has 4 N–H and O–H groups in total. The number of hydrogen-bond acceptors (Lipinski definition) is 8. The van der Waals surface area contributed by atoms with Gasteiger partial charge < -0.3 is 25.2 Å². The Hall–Kier alpha value is -2.07. The molecule has 0 heterocycles. The van der Waals surface area contributed by atoms with E-state index in [4.69, 9.17) is 9.84 Å². The molecule has 0 unspecified atom stereocenters. The molecule has 116 valence electrons. The predicted molar refractivity (Wildman–Crippen MR) is 68.7 cm³/mol. The molecule has 1 aromatic carbocycles. The third kappa shape index (κ3) is 4.46. The molecule has 0 aliphatic heterocycles. The average molecular weight is 301 g/mol. The summed E-state index contributed by atoms with van der Waals surface area (Å²) in [4.78, 5) is 20.8. The minimum atomic E-state index is -1.79. The molecule has 0 fully saturated rings. The van der Waals surface area contributed by atoms with Crippen molar-refractivity contribution in [1.82, 2.24) is 0 Å². The maximum Gasteiger partial charge on any atom is 0.269 e. The molecule has 9 nitrogen and oxygen atoms in total. The first-order valence-electron chi connectivity index (χ1n) is 5.92. The highest BCUT2D eigenvalue weighted by Gasteiger charge is 2.32. The van der Waals surface area contributed by atoms with Gasteiger partial charge in [-0.3, -0.25) is 14.9 Å². The lowest BCUT2D eigenvalue weighted by atomic mass is 10.0. The molecular weight excluding hydrogens is 286 g/mol. The van der Waals surface area contributed by atoms with Crippen LogP contribution in [0.5, 0.6) is 5.75 Å². The van der Waals surface area contributed by atoms with Crippen molar-refractivity contribution in [3.8, 4) is 5.75 Å². The second-order valence-electron chi connectivity index (χ2n) is 4.20. The van der Waals surface area contributed by atoms with Gasteiger partial charge >= 0.3 is 0 Å². The quantitative estimate of drug-likeness (QED) is 0.260. The fourth-order valence-electron chi connectivity index (χ4n) is 1.51. The number of hydrogen-bond donors (Lipinski definition) is 4. The van der Waals surface area contributed by atoms with Crippen molar-refractivity contribution in [3.05, 3.63) is 34.4 Å². The van der Waals surface area contributed by atoms with Gasteiger partial charge in [0.15, 0.2) is 12.4 Å². The Balaban J connectivity index is 2.77. The fourth-order valence-corrected chi connectivity index (χ4v) is 1.51. The number of benzene rings is 1. The van der Waals surface area contributed by atoms with Crippen molar-refractivity contribution in [2.24, 2.45) is 0 Å². The van der Waals surface area contributed by atoms with Gasteiger partial charge in [0, 0.05) is 12.1 Å². The average Bonchev–Trinajstić information content (AvgIpc) is 2.50. The van der Waals surface area contributed by atoms with Gasteiger partial charge in [-0.2, -0.15) is 0 Å². The Morgan fingerprint density at radius 3 is 2.19 bits per heavy atom. The summed E-state index contributed by atoms with van der Waals surface area (Å²) in [5.74, 6) is 0.0578. The summed E-state index contributed by atoms with van der Waals surface area (Å²) < 4.78 is 5.08. The monoisotopic (exact) mass is 301 g/mol. The van der Waals surface area contributed by atoms with Crippen LogP contribution in [0.15, 0.2) is 24.3 Å². The molecule has 0 bridgehead atoms. The minimum Gasteiger partial charge on any atom is -0.480 e. The maximum absolute atomic E-state index is 10.9. The van der Waals surface area contributed by atoms with Crippen molar-refractivity contribution in [2.45, 2.75) is 24.4 Å². The highest BCUT2D eigenvalue weighted by molar-refractivity contribution is 5.58. The molecule has 0 amide bonds. The predicted octanol–water partition coefficient (Wildman–Crippen LogP) is -1.38. The van der Waals surface area contributed by atoms with Crippen LogP contribution in [0.25, 0.3) is 0 Å². The minimum absolute atomic E-state index is 0.0578. The Morgan fingerprint density at radius 2 is 1.76 bits per heavy atom. The number of nitrogens with zero attached hydrogens (tertiary/aromatic N) is 1. The lowest BCUT2D eigenvalue weighted by Gasteiger charge is -2.26. The van der Waals surface area contributed by atoms with Gasteiger partial charge in [0.05, 0.1) is 11.5 Å². The van der Waals surface area contributed by atoms with E-state index in [0.717, 1.165) is 12.1 Å². The fraction of sp³-hybridized carbons (Fsp3) is 0.417. The van der Waals surface area contributed by atoms with Gasteiger partial charge in [-0.05, 0) is 12.1 Å². The lowest BCUT2D eigenvalue weighted by Crippen LogP contribution is -2.48. The number of carbonyl (C=O) groups excluding carboxylic acids is 1. The highest BCUT2D eigenvalue weighted by atomic mass is 16.6. The second-order valence-corrected chi connectivity index (χ2v) is 4.20. The van der Waals surface area contributed by atoms with Crippen LogP contribution >= 0.6 is 0 Å². The van der Waals surface area contributed by atoms with Crippen molar-refractivity contribution >= 4 is 12.0 Å². The zero-order chi connectivity index (χ0) is 16.0. The van der Waals surface area contributed by atoms with Crippen LogP contribution in [0.2, 0.25) is 0 Å². The van der Waals surface area contributed by atoms with Crippen LogP contribution in [0.3, 0.4) is 0 Å². The van der Waals surface area contributed by atoms with E-state index in [1.54, 1.807) is 0 Å². The first-order valence-corrected chi connectivity index (χ1v) is 5.92. The van der Waals surface area contributed by atoms with E-state index in [9.17, 15) is 30.2 Å². The van der Waals surface area contributed by atoms with Gasteiger partial charge in [-0.15, -0.1) is 0 Å². The molecule has 0 aromatic heterocycles. The van der Waals surface area contributed by atoms with Crippen molar-refractivity contribution in [2.75, 3.05) is 6.61 Å². The topological polar surface area (TPSA) is 150 Å². The van der Waals surface area contributed by atoms with Gasteiger partial charge in [-0.25, -0.2) is 0 Å². The number of aliphatic hydroxyl groups excluding tert-OH is 4. The van der Waals surface area contributed by atoms with Gasteiger partial charge in [0.25, 0.3) is 5.69 Å². The van der Waals surface area contributed by atoms with E-state index in [-0.39, 0.29) is 17.7 Å². The van der Waals surface area contributed by atoms with Gasteiger partial charge in [0.1, 0.15) is 24.1 Å². The molecule has 1 aromatic rings. The summed E-state index contributed by atoms with van der Waals surface area (Å²) in [6.07, 6.45) is -6.51. The van der Waals surface area contributed by atoms with E-state index in [1.807, 2.05) is 0 Å². The number of nitro benzene ring substituents is 1. The van der Waals surface area contributed by atoms with Crippen LogP contribution in [0.1, 0.15) is 0 Å². The molecule has 0 spiro atoms. The van der Waals surface area contributed by atoms with E-state index in [2.05, 4.69) is 0 Å². The molecule has 9 heteroatoms. The van der Waals surface area contributed by atoms with Crippen LogP contribution < -0.4 is 4.74 Å². The summed E-state index contributed by atoms with van der Waals surface area (Å²) >= 11 is 0. The summed E-state index contributed by atoms with van der Waals surface area (Å²) in [5.41, 5.74) is -0.179. The maximum atomic E-state index is 10.9. The molecule has 0 saturated carbocycles. The standard InChI is InChI=1S/C12H15NO8/c14-5-9(16)11(17)12(18)10(6-15)21-8-3-1-7(2-4-8)13(19)20/h1-4,6,9-12,14,16-18H,5H2/t9-,10+,11-,12-/m1/s1. The number of carbonyl (C=O) groups is 1. The summed E-state index contributed by atoms with van der Waals surface area (Å²) in [6.45, 7) is -0.804. The second kappa shape index (κ2) is 7.64. The van der Waals surface area contributed by atoms with Crippen molar-refractivity contribution in [3.63, 3.8) is 0 Å². The lowest BCUT2D eigenvalue weighted by molar-refractivity contribution is -0.384. The van der Waals surface area contributed by atoms with E-state index in [1.165, 1.54) is 12.1 Å². The smallest absolute Gasteiger partial charge is 0.269 e.